The Kier molecular flexibility index (Phi) is 4.94. The fourth-order valence-corrected chi connectivity index (χ4v) is 2.24. The standard InChI is InChI=1S/C15H13Cl2NO3/c1-21-11-4-5-12(14(19)7-11)15(20)18-8-9-2-3-10(16)6-13(9)17/h2-7,19H,8H2,1H3,(H,18,20). The lowest BCUT2D eigenvalue weighted by atomic mass is 10.1. The molecule has 0 aliphatic carbocycles. The zero-order valence-electron chi connectivity index (χ0n) is 11.2. The first-order valence-corrected chi connectivity index (χ1v) is 6.86. The van der Waals surface area contributed by atoms with E-state index < -0.39 is 5.91 Å². The number of carbonyl (C=O) groups is 1. The van der Waals surface area contributed by atoms with E-state index in [1.807, 2.05) is 0 Å². The maximum Gasteiger partial charge on any atom is 0.255 e. The molecule has 2 rings (SSSR count). The van der Waals surface area contributed by atoms with E-state index in [-0.39, 0.29) is 17.9 Å². The molecule has 1 amide bonds. The average molecular weight is 326 g/mol. The Labute approximate surface area is 132 Å². The summed E-state index contributed by atoms with van der Waals surface area (Å²) < 4.78 is 4.96. The molecular formula is C15H13Cl2NO3. The summed E-state index contributed by atoms with van der Waals surface area (Å²) in [7, 11) is 1.48. The lowest BCUT2D eigenvalue weighted by Crippen LogP contribution is -2.23. The highest BCUT2D eigenvalue weighted by Crippen LogP contribution is 2.24. The summed E-state index contributed by atoms with van der Waals surface area (Å²) in [5.74, 6) is -0.0694. The minimum atomic E-state index is -0.402. The lowest BCUT2D eigenvalue weighted by molar-refractivity contribution is 0.0948. The number of benzene rings is 2. The van der Waals surface area contributed by atoms with Gasteiger partial charge in [-0.15, -0.1) is 0 Å². The Bertz CT molecular complexity index is 674. The van der Waals surface area contributed by atoms with Crippen molar-refractivity contribution in [2.75, 3.05) is 7.11 Å². The van der Waals surface area contributed by atoms with E-state index in [0.29, 0.717) is 15.8 Å². The molecule has 4 nitrogen and oxygen atoms in total. The van der Waals surface area contributed by atoms with Crippen molar-refractivity contribution in [3.63, 3.8) is 0 Å². The predicted octanol–water partition coefficient (Wildman–Crippen LogP) is 3.64. The number of ether oxygens (including phenoxy) is 1. The van der Waals surface area contributed by atoms with E-state index in [1.54, 1.807) is 24.3 Å². The number of nitrogens with one attached hydrogen (secondary N) is 1. The minimum Gasteiger partial charge on any atom is -0.507 e. The Morgan fingerprint density at radius 1 is 1.24 bits per heavy atom. The lowest BCUT2D eigenvalue weighted by Gasteiger charge is -2.09. The molecule has 0 radical (unpaired) electrons. The molecule has 0 aliphatic heterocycles. The summed E-state index contributed by atoms with van der Waals surface area (Å²) in [4.78, 5) is 12.0. The number of phenols is 1. The van der Waals surface area contributed by atoms with Crippen LogP contribution < -0.4 is 10.1 Å². The number of phenolic OH excluding ortho intramolecular Hbond substituents is 1. The molecule has 0 unspecified atom stereocenters. The van der Waals surface area contributed by atoms with Crippen molar-refractivity contribution in [1.29, 1.82) is 0 Å². The second kappa shape index (κ2) is 6.70. The van der Waals surface area contributed by atoms with Crippen LogP contribution in [0.3, 0.4) is 0 Å². The molecule has 0 saturated heterocycles. The monoisotopic (exact) mass is 325 g/mol. The van der Waals surface area contributed by atoms with Gasteiger partial charge >= 0.3 is 0 Å². The molecule has 2 N–H and O–H groups in total. The Morgan fingerprint density at radius 2 is 2.00 bits per heavy atom. The summed E-state index contributed by atoms with van der Waals surface area (Å²) in [6.07, 6.45) is 0. The largest absolute Gasteiger partial charge is 0.507 e. The number of aromatic hydroxyl groups is 1. The van der Waals surface area contributed by atoms with Gasteiger partial charge in [-0.1, -0.05) is 29.3 Å². The first-order valence-electron chi connectivity index (χ1n) is 6.10. The molecule has 0 heterocycles. The molecule has 0 saturated carbocycles. The van der Waals surface area contributed by atoms with E-state index in [1.165, 1.54) is 19.2 Å². The first-order chi connectivity index (χ1) is 10.0. The smallest absolute Gasteiger partial charge is 0.255 e. The van der Waals surface area contributed by atoms with Crippen LogP contribution in [0, 0.1) is 0 Å². The van der Waals surface area contributed by atoms with Crippen molar-refractivity contribution in [1.82, 2.24) is 5.32 Å². The number of rotatable bonds is 4. The molecule has 21 heavy (non-hydrogen) atoms. The van der Waals surface area contributed by atoms with Crippen LogP contribution in [0.4, 0.5) is 0 Å². The van der Waals surface area contributed by atoms with Gasteiger partial charge in [0.25, 0.3) is 5.91 Å². The molecule has 0 aliphatic rings. The number of hydrogen-bond donors (Lipinski definition) is 2. The van der Waals surface area contributed by atoms with Crippen LogP contribution in [-0.4, -0.2) is 18.1 Å². The molecule has 0 spiro atoms. The van der Waals surface area contributed by atoms with E-state index in [4.69, 9.17) is 27.9 Å². The highest BCUT2D eigenvalue weighted by atomic mass is 35.5. The zero-order chi connectivity index (χ0) is 15.4. The number of carbonyl (C=O) groups excluding carboxylic acids is 1. The van der Waals surface area contributed by atoms with Crippen molar-refractivity contribution < 1.29 is 14.6 Å². The molecule has 2 aromatic rings. The number of amides is 1. The van der Waals surface area contributed by atoms with E-state index in [9.17, 15) is 9.90 Å². The molecule has 2 aromatic carbocycles. The molecule has 0 fully saturated rings. The summed E-state index contributed by atoms with van der Waals surface area (Å²) >= 11 is 11.8. The highest BCUT2D eigenvalue weighted by molar-refractivity contribution is 6.35. The van der Waals surface area contributed by atoms with Crippen LogP contribution >= 0.6 is 23.2 Å². The van der Waals surface area contributed by atoms with Gasteiger partial charge in [0.2, 0.25) is 0 Å². The fraction of sp³-hybridized carbons (Fsp3) is 0.133. The van der Waals surface area contributed by atoms with E-state index in [0.717, 1.165) is 5.56 Å². The predicted molar refractivity (Wildman–Crippen MR) is 82.3 cm³/mol. The number of halogens is 2. The first kappa shape index (κ1) is 15.5. The number of methoxy groups -OCH3 is 1. The van der Waals surface area contributed by atoms with Crippen LogP contribution in [0.15, 0.2) is 36.4 Å². The second-order valence-electron chi connectivity index (χ2n) is 4.30. The summed E-state index contributed by atoms with van der Waals surface area (Å²) in [6, 6.07) is 9.51. The maximum atomic E-state index is 12.0. The maximum absolute atomic E-state index is 12.0. The molecule has 0 aromatic heterocycles. The van der Waals surface area contributed by atoms with Crippen molar-refractivity contribution in [2.45, 2.75) is 6.54 Å². The average Bonchev–Trinajstić information content (AvgIpc) is 2.45. The van der Waals surface area contributed by atoms with Gasteiger partial charge < -0.3 is 15.2 Å². The van der Waals surface area contributed by atoms with Crippen molar-refractivity contribution in [2.24, 2.45) is 0 Å². The van der Waals surface area contributed by atoms with E-state index in [2.05, 4.69) is 5.32 Å². The zero-order valence-corrected chi connectivity index (χ0v) is 12.7. The quantitative estimate of drug-likeness (QED) is 0.902. The van der Waals surface area contributed by atoms with E-state index >= 15 is 0 Å². The van der Waals surface area contributed by atoms with Gasteiger partial charge in [-0.3, -0.25) is 4.79 Å². The topological polar surface area (TPSA) is 58.6 Å². The Morgan fingerprint density at radius 3 is 2.62 bits per heavy atom. The minimum absolute atomic E-state index is 0.144. The van der Waals surface area contributed by atoms with Crippen LogP contribution in [0.5, 0.6) is 11.5 Å². The molecule has 0 bridgehead atoms. The third-order valence-electron chi connectivity index (χ3n) is 2.90. The highest BCUT2D eigenvalue weighted by Gasteiger charge is 2.12. The molecule has 6 heteroatoms. The fourth-order valence-electron chi connectivity index (χ4n) is 1.77. The van der Waals surface area contributed by atoms with Crippen LogP contribution in [-0.2, 0) is 6.54 Å². The van der Waals surface area contributed by atoms with Crippen molar-refractivity contribution >= 4 is 29.1 Å². The van der Waals surface area contributed by atoms with Crippen LogP contribution in [0.25, 0.3) is 0 Å². The Balaban J connectivity index is 2.08. The van der Waals surface area contributed by atoms with Gasteiger partial charge in [-0.25, -0.2) is 0 Å². The summed E-state index contributed by atoms with van der Waals surface area (Å²) in [5, 5.41) is 13.5. The van der Waals surface area contributed by atoms with Crippen LogP contribution in [0.2, 0.25) is 10.0 Å². The van der Waals surface area contributed by atoms with Crippen molar-refractivity contribution in [3.05, 3.63) is 57.6 Å². The van der Waals surface area contributed by atoms with Crippen molar-refractivity contribution in [3.8, 4) is 11.5 Å². The van der Waals surface area contributed by atoms with Gasteiger partial charge in [0.05, 0.1) is 12.7 Å². The summed E-state index contributed by atoms with van der Waals surface area (Å²) in [5.41, 5.74) is 0.906. The van der Waals surface area contributed by atoms with Gasteiger partial charge in [-0.2, -0.15) is 0 Å². The number of hydrogen-bond acceptors (Lipinski definition) is 3. The third kappa shape index (κ3) is 3.80. The van der Waals surface area contributed by atoms with Gasteiger partial charge in [0.15, 0.2) is 0 Å². The molecule has 0 atom stereocenters. The Hall–Kier alpha value is -1.91. The molecular weight excluding hydrogens is 313 g/mol. The second-order valence-corrected chi connectivity index (χ2v) is 5.15. The van der Waals surface area contributed by atoms with Gasteiger partial charge in [0.1, 0.15) is 11.5 Å². The van der Waals surface area contributed by atoms with Gasteiger partial charge in [-0.05, 0) is 29.8 Å². The third-order valence-corrected chi connectivity index (χ3v) is 3.49. The SMILES string of the molecule is COc1ccc(C(=O)NCc2ccc(Cl)cc2Cl)c(O)c1. The normalized spacial score (nSPS) is 10.2. The molecule has 110 valence electrons. The van der Waals surface area contributed by atoms with Crippen LogP contribution in [0.1, 0.15) is 15.9 Å². The van der Waals surface area contributed by atoms with Gasteiger partial charge in [0, 0.05) is 22.7 Å². The summed E-state index contributed by atoms with van der Waals surface area (Å²) in [6.45, 7) is 0.236.